The molecule has 2 heterocycles. The van der Waals surface area contributed by atoms with Crippen LogP contribution in [0.4, 0.5) is 13.2 Å². The van der Waals surface area contributed by atoms with Crippen LogP contribution in [0, 0.1) is 0 Å². The Morgan fingerprint density at radius 1 is 1.33 bits per heavy atom. The number of halogens is 4. The average molecular weight is 362 g/mol. The standard InChI is InChI=1S/C13H11BrF3N3O/c14-8-1-2-9(10(5-8)13(15,16)17)11-19-12(21-20-11)7-3-4-18-6-7/h1-2,5,7,18H,3-4,6H2. The predicted octanol–water partition coefficient (Wildman–Crippen LogP) is 3.59. The van der Waals surface area contributed by atoms with Gasteiger partial charge in [0.1, 0.15) is 0 Å². The third-order valence-corrected chi connectivity index (χ3v) is 3.87. The molecule has 0 radical (unpaired) electrons. The Labute approximate surface area is 126 Å². The molecule has 1 N–H and O–H groups in total. The van der Waals surface area contributed by atoms with Gasteiger partial charge in [-0.25, -0.2) is 0 Å². The first-order valence-corrected chi connectivity index (χ1v) is 7.16. The number of aromatic nitrogens is 2. The van der Waals surface area contributed by atoms with Crippen LogP contribution in [-0.4, -0.2) is 23.2 Å². The normalized spacial score (nSPS) is 19.1. The quantitative estimate of drug-likeness (QED) is 0.887. The fourth-order valence-corrected chi connectivity index (χ4v) is 2.68. The molecule has 0 aliphatic carbocycles. The maximum Gasteiger partial charge on any atom is 0.417 e. The van der Waals surface area contributed by atoms with Crippen LogP contribution in [0.3, 0.4) is 0 Å². The first-order valence-electron chi connectivity index (χ1n) is 6.36. The maximum atomic E-state index is 13.1. The molecule has 112 valence electrons. The average Bonchev–Trinajstić information content (AvgIpc) is 3.08. The van der Waals surface area contributed by atoms with Gasteiger partial charge >= 0.3 is 6.18 Å². The van der Waals surface area contributed by atoms with E-state index in [0.29, 0.717) is 16.9 Å². The smallest absolute Gasteiger partial charge is 0.339 e. The molecule has 0 saturated carbocycles. The lowest BCUT2D eigenvalue weighted by Crippen LogP contribution is -2.08. The predicted molar refractivity (Wildman–Crippen MR) is 72.7 cm³/mol. The highest BCUT2D eigenvalue weighted by atomic mass is 79.9. The van der Waals surface area contributed by atoms with Crippen molar-refractivity contribution in [1.82, 2.24) is 15.5 Å². The molecule has 21 heavy (non-hydrogen) atoms. The van der Waals surface area contributed by atoms with Gasteiger partial charge in [-0.2, -0.15) is 18.2 Å². The molecule has 0 bridgehead atoms. The van der Waals surface area contributed by atoms with Crippen molar-refractivity contribution in [3.05, 3.63) is 34.1 Å². The number of benzene rings is 1. The summed E-state index contributed by atoms with van der Waals surface area (Å²) in [5.74, 6) is 0.416. The molecule has 8 heteroatoms. The van der Waals surface area contributed by atoms with Gasteiger partial charge in [0.2, 0.25) is 11.7 Å². The van der Waals surface area contributed by atoms with Crippen molar-refractivity contribution in [2.45, 2.75) is 18.5 Å². The molecule has 4 nitrogen and oxygen atoms in total. The summed E-state index contributed by atoms with van der Waals surface area (Å²) in [5, 5.41) is 6.85. The molecular formula is C13H11BrF3N3O. The minimum atomic E-state index is -4.48. The van der Waals surface area contributed by atoms with E-state index in [-0.39, 0.29) is 17.3 Å². The molecule has 1 aliphatic heterocycles. The van der Waals surface area contributed by atoms with Gasteiger partial charge in [-0.1, -0.05) is 21.1 Å². The van der Waals surface area contributed by atoms with E-state index >= 15 is 0 Å². The lowest BCUT2D eigenvalue weighted by atomic mass is 10.1. The van der Waals surface area contributed by atoms with Crippen LogP contribution in [-0.2, 0) is 6.18 Å². The van der Waals surface area contributed by atoms with E-state index in [1.165, 1.54) is 12.1 Å². The van der Waals surface area contributed by atoms with E-state index in [2.05, 4.69) is 31.4 Å². The van der Waals surface area contributed by atoms with E-state index in [1.807, 2.05) is 0 Å². The molecule has 1 aromatic heterocycles. The van der Waals surface area contributed by atoms with Gasteiger partial charge in [-0.3, -0.25) is 0 Å². The summed E-state index contributed by atoms with van der Waals surface area (Å²) in [6, 6.07) is 3.88. The Hall–Kier alpha value is -1.41. The van der Waals surface area contributed by atoms with Gasteiger partial charge in [-0.05, 0) is 31.2 Å². The van der Waals surface area contributed by atoms with Crippen LogP contribution in [0.1, 0.15) is 23.8 Å². The fraction of sp³-hybridized carbons (Fsp3) is 0.385. The van der Waals surface area contributed by atoms with Crippen LogP contribution in [0.15, 0.2) is 27.2 Å². The highest BCUT2D eigenvalue weighted by molar-refractivity contribution is 9.10. The van der Waals surface area contributed by atoms with Crippen LogP contribution >= 0.6 is 15.9 Å². The van der Waals surface area contributed by atoms with Gasteiger partial charge in [0, 0.05) is 16.6 Å². The Morgan fingerprint density at radius 3 is 2.81 bits per heavy atom. The van der Waals surface area contributed by atoms with Crippen LogP contribution < -0.4 is 5.32 Å². The molecule has 1 aromatic carbocycles. The Morgan fingerprint density at radius 2 is 2.14 bits per heavy atom. The van der Waals surface area contributed by atoms with Crippen molar-refractivity contribution in [2.75, 3.05) is 13.1 Å². The second-order valence-corrected chi connectivity index (χ2v) is 5.75. The Kier molecular flexibility index (Phi) is 3.75. The highest BCUT2D eigenvalue weighted by Gasteiger charge is 2.35. The molecule has 1 fully saturated rings. The highest BCUT2D eigenvalue weighted by Crippen LogP contribution is 2.38. The lowest BCUT2D eigenvalue weighted by molar-refractivity contribution is -0.137. The van der Waals surface area contributed by atoms with Crippen LogP contribution in [0.25, 0.3) is 11.4 Å². The van der Waals surface area contributed by atoms with Crippen LogP contribution in [0.5, 0.6) is 0 Å². The molecule has 1 unspecified atom stereocenters. The molecule has 1 saturated heterocycles. The van der Waals surface area contributed by atoms with Gasteiger partial charge < -0.3 is 9.84 Å². The molecule has 2 aromatic rings. The van der Waals surface area contributed by atoms with Crippen molar-refractivity contribution in [3.8, 4) is 11.4 Å². The Balaban J connectivity index is 2.00. The first kappa shape index (κ1) is 14.5. The number of alkyl halides is 3. The molecular weight excluding hydrogens is 351 g/mol. The summed E-state index contributed by atoms with van der Waals surface area (Å²) in [6.45, 7) is 1.54. The van der Waals surface area contributed by atoms with Gasteiger partial charge in [0.25, 0.3) is 0 Å². The van der Waals surface area contributed by atoms with E-state index in [9.17, 15) is 13.2 Å². The fourth-order valence-electron chi connectivity index (χ4n) is 2.32. The number of hydrogen-bond acceptors (Lipinski definition) is 4. The van der Waals surface area contributed by atoms with E-state index < -0.39 is 11.7 Å². The maximum absolute atomic E-state index is 13.1. The topological polar surface area (TPSA) is 51.0 Å². The number of rotatable bonds is 2. The minimum Gasteiger partial charge on any atom is -0.339 e. The van der Waals surface area contributed by atoms with E-state index in [0.717, 1.165) is 19.0 Å². The summed E-state index contributed by atoms with van der Waals surface area (Å²) in [6.07, 6.45) is -3.64. The summed E-state index contributed by atoms with van der Waals surface area (Å²) in [7, 11) is 0. The molecule has 0 spiro atoms. The summed E-state index contributed by atoms with van der Waals surface area (Å²) < 4.78 is 44.8. The van der Waals surface area contributed by atoms with Crippen molar-refractivity contribution in [2.24, 2.45) is 0 Å². The third-order valence-electron chi connectivity index (χ3n) is 3.38. The van der Waals surface area contributed by atoms with Gasteiger partial charge in [0.15, 0.2) is 0 Å². The van der Waals surface area contributed by atoms with Crippen LogP contribution in [0.2, 0.25) is 0 Å². The molecule has 0 amide bonds. The van der Waals surface area contributed by atoms with Gasteiger partial charge in [-0.15, -0.1) is 0 Å². The van der Waals surface area contributed by atoms with Crippen molar-refractivity contribution in [1.29, 1.82) is 0 Å². The lowest BCUT2D eigenvalue weighted by Gasteiger charge is -2.10. The largest absolute Gasteiger partial charge is 0.417 e. The third kappa shape index (κ3) is 2.96. The number of hydrogen-bond donors (Lipinski definition) is 1. The monoisotopic (exact) mass is 361 g/mol. The Bertz CT molecular complexity index is 650. The summed E-state index contributed by atoms with van der Waals surface area (Å²) in [4.78, 5) is 4.13. The zero-order valence-electron chi connectivity index (χ0n) is 10.7. The van der Waals surface area contributed by atoms with Crippen molar-refractivity contribution in [3.63, 3.8) is 0 Å². The second-order valence-electron chi connectivity index (χ2n) is 4.83. The first-order chi connectivity index (χ1) is 9.95. The van der Waals surface area contributed by atoms with Gasteiger partial charge in [0.05, 0.1) is 11.5 Å². The second kappa shape index (κ2) is 5.42. The number of nitrogens with one attached hydrogen (secondary N) is 1. The number of nitrogens with zero attached hydrogens (tertiary/aromatic N) is 2. The molecule has 1 aliphatic rings. The van der Waals surface area contributed by atoms with Crippen molar-refractivity contribution >= 4 is 15.9 Å². The molecule has 3 rings (SSSR count). The SMILES string of the molecule is FC(F)(F)c1cc(Br)ccc1-c1noc(C2CCNC2)n1. The summed E-state index contributed by atoms with van der Waals surface area (Å²) >= 11 is 3.05. The summed E-state index contributed by atoms with van der Waals surface area (Å²) in [5.41, 5.74) is -0.861. The van der Waals surface area contributed by atoms with E-state index in [1.54, 1.807) is 0 Å². The minimum absolute atomic E-state index is 0.0308. The van der Waals surface area contributed by atoms with E-state index in [4.69, 9.17) is 4.52 Å². The van der Waals surface area contributed by atoms with Crippen molar-refractivity contribution < 1.29 is 17.7 Å². The zero-order valence-corrected chi connectivity index (χ0v) is 12.3. The molecule has 1 atom stereocenters. The zero-order chi connectivity index (χ0) is 15.0.